The molecule has 2 heterocycles. The fraction of sp³-hybridized carbons (Fsp3) is 0.231. The second kappa shape index (κ2) is 8.74. The van der Waals surface area contributed by atoms with Crippen LogP contribution in [0, 0.1) is 0 Å². The summed E-state index contributed by atoms with van der Waals surface area (Å²) in [7, 11) is -3.99. The minimum absolute atomic E-state index is 0.161. The molecule has 2 aromatic carbocycles. The van der Waals surface area contributed by atoms with Gasteiger partial charge in [0.1, 0.15) is 0 Å². The highest BCUT2D eigenvalue weighted by Gasteiger charge is 2.57. The number of hydrogen-bond acceptors (Lipinski definition) is 6. The summed E-state index contributed by atoms with van der Waals surface area (Å²) in [5.41, 5.74) is 0.265. The zero-order chi connectivity index (χ0) is 24.6. The molecule has 1 aromatic heterocycles. The molecule has 2 aliphatic rings. The fourth-order valence-electron chi connectivity index (χ4n) is 4.68. The molecule has 1 aliphatic carbocycles. The van der Waals surface area contributed by atoms with Crippen LogP contribution in [0.25, 0.3) is 17.5 Å². The van der Waals surface area contributed by atoms with Crippen LogP contribution >= 0.6 is 0 Å². The lowest BCUT2D eigenvalue weighted by molar-refractivity contribution is -0.278. The molecule has 0 bridgehead atoms. The van der Waals surface area contributed by atoms with Crippen molar-refractivity contribution in [3.63, 3.8) is 0 Å². The van der Waals surface area contributed by atoms with Crippen LogP contribution in [0.15, 0.2) is 82.5 Å². The Hall–Kier alpha value is -3.85. The number of allylic oxidation sites excluding steroid dienone is 2. The van der Waals surface area contributed by atoms with Crippen molar-refractivity contribution in [1.29, 1.82) is 0 Å². The van der Waals surface area contributed by atoms with Gasteiger partial charge in [-0.3, -0.25) is 9.48 Å². The zero-order valence-electron chi connectivity index (χ0n) is 18.8. The summed E-state index contributed by atoms with van der Waals surface area (Å²) in [4.78, 5) is 23.8. The molecule has 0 atom stereocenters. The molecule has 1 aliphatic heterocycles. The molecule has 1 saturated heterocycles. The second-order valence-electron chi connectivity index (χ2n) is 8.57. The van der Waals surface area contributed by atoms with Crippen molar-refractivity contribution in [2.75, 3.05) is 0 Å². The summed E-state index contributed by atoms with van der Waals surface area (Å²) in [6, 6.07) is 17.5. The van der Waals surface area contributed by atoms with Crippen LogP contribution in [0.5, 0.6) is 5.88 Å². The number of nitrogens with zero attached hydrogens (tertiary/aromatic N) is 2. The van der Waals surface area contributed by atoms with Crippen LogP contribution in [0.2, 0.25) is 0 Å². The maximum absolute atomic E-state index is 13.3. The highest BCUT2D eigenvalue weighted by molar-refractivity contribution is 7.97. The number of esters is 1. The molecule has 35 heavy (non-hydrogen) atoms. The summed E-state index contributed by atoms with van der Waals surface area (Å²) in [5, 5.41) is 13.3. The number of para-hydroxylation sites is 2. The molecule has 0 N–H and O–H groups in total. The molecule has 0 amide bonds. The molecular formula is C26H23N2O6S-. The van der Waals surface area contributed by atoms with E-state index in [0.29, 0.717) is 24.2 Å². The largest absolute Gasteiger partial charge is 0.858 e. The first-order valence-electron chi connectivity index (χ1n) is 11.4. The Kier molecular flexibility index (Phi) is 5.72. The maximum atomic E-state index is 13.3. The maximum Gasteiger partial charge on any atom is 0.351 e. The molecule has 1 spiro atoms. The number of rotatable bonds is 4. The van der Waals surface area contributed by atoms with E-state index in [1.807, 2.05) is 0 Å². The molecule has 1 saturated carbocycles. The highest BCUT2D eigenvalue weighted by atomic mass is 32.2. The Labute approximate surface area is 202 Å². The third kappa shape index (κ3) is 3.72. The second-order valence-corrected chi connectivity index (χ2v) is 10.8. The summed E-state index contributed by atoms with van der Waals surface area (Å²) >= 11 is 0. The van der Waals surface area contributed by atoms with E-state index in [4.69, 9.17) is 4.74 Å². The number of hydrogen-bond donors (Lipinski definition) is 0. The van der Waals surface area contributed by atoms with Crippen LogP contribution in [-0.4, -0.2) is 28.7 Å². The molecule has 0 radical (unpaired) electrons. The quantitative estimate of drug-likeness (QED) is 0.409. The summed E-state index contributed by atoms with van der Waals surface area (Å²) in [6.07, 6.45) is 6.38. The van der Waals surface area contributed by atoms with Gasteiger partial charge in [0, 0.05) is 18.7 Å². The van der Waals surface area contributed by atoms with Crippen LogP contribution in [0.1, 0.15) is 37.7 Å². The Morgan fingerprint density at radius 2 is 1.43 bits per heavy atom. The van der Waals surface area contributed by atoms with E-state index in [9.17, 15) is 23.1 Å². The molecule has 8 nitrogen and oxygen atoms in total. The summed E-state index contributed by atoms with van der Waals surface area (Å²) < 4.78 is 34.1. The van der Waals surface area contributed by atoms with Gasteiger partial charge in [-0.1, -0.05) is 48.9 Å². The van der Waals surface area contributed by atoms with Gasteiger partial charge in [-0.05, 0) is 49.3 Å². The number of carbonyl (C=O) groups excluding carboxylic acids is 1. The van der Waals surface area contributed by atoms with Crippen molar-refractivity contribution < 1.29 is 23.1 Å². The van der Waals surface area contributed by atoms with E-state index in [1.165, 1.54) is 21.5 Å². The average Bonchev–Trinajstić information content (AvgIpc) is 3.22. The lowest BCUT2D eigenvalue weighted by atomic mass is 9.97. The van der Waals surface area contributed by atoms with E-state index in [0.717, 1.165) is 12.5 Å². The smallest absolute Gasteiger partial charge is 0.351 e. The van der Waals surface area contributed by atoms with Crippen LogP contribution < -0.4 is 10.7 Å². The van der Waals surface area contributed by atoms with Gasteiger partial charge in [-0.2, -0.15) is 0 Å². The van der Waals surface area contributed by atoms with E-state index < -0.39 is 37.1 Å². The van der Waals surface area contributed by atoms with Crippen LogP contribution in [0.3, 0.4) is 0 Å². The monoisotopic (exact) mass is 491 g/mol. The predicted molar refractivity (Wildman–Crippen MR) is 129 cm³/mol. The molecular weight excluding hydrogens is 468 g/mol. The molecule has 3 aromatic rings. The number of ether oxygens (including phenoxy) is 1. The van der Waals surface area contributed by atoms with E-state index >= 15 is 0 Å². The minimum atomic E-state index is -3.99. The molecule has 0 unspecified atom stereocenters. The average molecular weight is 492 g/mol. The first-order valence-corrected chi connectivity index (χ1v) is 12.9. The SMILES string of the molecule is O=C1OC2(CCCCC2)S(=O)(=O)C1=CC=Cc1c([O-])n(-c2ccccc2)n(-c2ccccc2)c1=O. The van der Waals surface area contributed by atoms with E-state index in [-0.39, 0.29) is 18.4 Å². The number of benzene rings is 2. The van der Waals surface area contributed by atoms with Gasteiger partial charge in [-0.15, -0.1) is 0 Å². The lowest BCUT2D eigenvalue weighted by Crippen LogP contribution is -2.38. The van der Waals surface area contributed by atoms with Crippen LogP contribution in [0.4, 0.5) is 0 Å². The molecule has 9 heteroatoms. The first kappa shape index (κ1) is 22.9. The van der Waals surface area contributed by atoms with Crippen molar-refractivity contribution >= 4 is 21.9 Å². The Morgan fingerprint density at radius 1 is 0.857 bits per heavy atom. The normalized spacial score (nSPS) is 20.0. The van der Waals surface area contributed by atoms with Gasteiger partial charge in [0.05, 0.1) is 16.9 Å². The first-order chi connectivity index (χ1) is 16.9. The van der Waals surface area contributed by atoms with E-state index in [2.05, 4.69) is 0 Å². The molecule has 2 fully saturated rings. The molecule has 5 rings (SSSR count). The van der Waals surface area contributed by atoms with Crippen molar-refractivity contribution in [2.24, 2.45) is 0 Å². The zero-order valence-corrected chi connectivity index (χ0v) is 19.6. The Morgan fingerprint density at radius 3 is 2.03 bits per heavy atom. The Bertz CT molecular complexity index is 1490. The van der Waals surface area contributed by atoms with Crippen molar-refractivity contribution in [3.8, 4) is 17.3 Å². The van der Waals surface area contributed by atoms with Crippen molar-refractivity contribution in [1.82, 2.24) is 9.36 Å². The van der Waals surface area contributed by atoms with Gasteiger partial charge in [0.15, 0.2) is 4.91 Å². The standard InChI is InChI=1S/C26H24N2O6S/c29-23-21(15-10-16-22-25(31)34-26(35(22,32)33)17-8-3-9-18-26)24(30)28(20-13-6-2-7-14-20)27(23)19-11-4-1-5-12-19/h1-2,4-7,10-16,29H,3,8-9,17-18H2/p-1. The summed E-state index contributed by atoms with van der Waals surface area (Å²) in [5.74, 6) is -1.47. The Balaban J connectivity index is 1.58. The number of aromatic nitrogens is 2. The van der Waals surface area contributed by atoms with Gasteiger partial charge in [0.2, 0.25) is 14.8 Å². The number of sulfone groups is 1. The fourth-order valence-corrected chi connectivity index (χ4v) is 6.61. The van der Waals surface area contributed by atoms with Crippen molar-refractivity contribution in [3.05, 3.63) is 93.6 Å². The predicted octanol–water partition coefficient (Wildman–Crippen LogP) is 3.23. The van der Waals surface area contributed by atoms with Crippen LogP contribution in [-0.2, 0) is 19.4 Å². The molecule has 180 valence electrons. The van der Waals surface area contributed by atoms with Gasteiger partial charge in [0.25, 0.3) is 5.56 Å². The van der Waals surface area contributed by atoms with Crippen molar-refractivity contribution in [2.45, 2.75) is 37.0 Å². The lowest BCUT2D eigenvalue weighted by Gasteiger charge is -2.29. The minimum Gasteiger partial charge on any atom is -0.858 e. The van der Waals surface area contributed by atoms with Gasteiger partial charge >= 0.3 is 5.97 Å². The third-order valence-electron chi connectivity index (χ3n) is 6.43. The number of carbonyl (C=O) groups is 1. The summed E-state index contributed by atoms with van der Waals surface area (Å²) in [6.45, 7) is 0. The van der Waals surface area contributed by atoms with Gasteiger partial charge < -0.3 is 9.84 Å². The third-order valence-corrected chi connectivity index (χ3v) is 8.78. The van der Waals surface area contributed by atoms with Gasteiger partial charge in [-0.25, -0.2) is 17.9 Å². The van der Waals surface area contributed by atoms with E-state index in [1.54, 1.807) is 60.7 Å². The topological polar surface area (TPSA) is 110 Å². The highest BCUT2D eigenvalue weighted by Crippen LogP contribution is 2.45.